The molecule has 0 saturated carbocycles. The second-order valence-electron chi connectivity index (χ2n) is 5.40. The molecule has 1 amide bonds. The minimum Gasteiger partial charge on any atom is -0.326 e. The van der Waals surface area contributed by atoms with E-state index in [1.54, 1.807) is 12.1 Å². The van der Waals surface area contributed by atoms with Crippen molar-refractivity contribution in [1.29, 1.82) is 0 Å². The van der Waals surface area contributed by atoms with Crippen LogP contribution in [0.2, 0.25) is 0 Å². The quantitative estimate of drug-likeness (QED) is 0.788. The number of benzene rings is 1. The van der Waals surface area contributed by atoms with Crippen molar-refractivity contribution in [2.45, 2.75) is 45.1 Å². The number of thiazole rings is 1. The van der Waals surface area contributed by atoms with Crippen molar-refractivity contribution in [1.82, 2.24) is 9.71 Å². The molecule has 2 N–H and O–H groups in total. The van der Waals surface area contributed by atoms with Crippen molar-refractivity contribution in [2.24, 2.45) is 0 Å². The van der Waals surface area contributed by atoms with Crippen molar-refractivity contribution in [3.8, 4) is 0 Å². The molecular weight excluding hydrogens is 346 g/mol. The maximum absolute atomic E-state index is 12.4. The van der Waals surface area contributed by atoms with Crippen molar-refractivity contribution >= 4 is 33.0 Å². The monoisotopic (exact) mass is 367 g/mol. The summed E-state index contributed by atoms with van der Waals surface area (Å²) in [4.78, 5) is 16.6. The Balaban J connectivity index is 2.12. The van der Waals surface area contributed by atoms with Crippen LogP contribution in [0.1, 0.15) is 35.8 Å². The molecule has 2 aromatic rings. The molecule has 2 rings (SSSR count). The smallest absolute Gasteiger partial charge is 0.240 e. The van der Waals surface area contributed by atoms with Gasteiger partial charge >= 0.3 is 0 Å². The first-order chi connectivity index (χ1) is 11.3. The highest BCUT2D eigenvalue weighted by Crippen LogP contribution is 2.21. The fraction of sp³-hybridized carbons (Fsp3) is 0.375. The lowest BCUT2D eigenvalue weighted by molar-refractivity contribution is -0.114. The van der Waals surface area contributed by atoms with Crippen LogP contribution in [-0.4, -0.2) is 19.3 Å². The maximum atomic E-state index is 12.4. The molecule has 1 aromatic carbocycles. The maximum Gasteiger partial charge on any atom is 0.240 e. The molecule has 1 aromatic heterocycles. The zero-order valence-electron chi connectivity index (χ0n) is 13.9. The largest absolute Gasteiger partial charge is 0.326 e. The molecule has 0 radical (unpaired) electrons. The van der Waals surface area contributed by atoms with Gasteiger partial charge in [-0.25, -0.2) is 18.1 Å². The number of hydrogen-bond acceptors (Lipinski definition) is 5. The van der Waals surface area contributed by atoms with Crippen LogP contribution in [0.3, 0.4) is 0 Å². The van der Waals surface area contributed by atoms with E-state index in [2.05, 4.69) is 21.9 Å². The molecule has 0 bridgehead atoms. The standard InChI is InChI=1S/C16H21N3O3S2/c1-4-6-16-18-11(2)15(23-16)10-17-24(21,22)14-8-5-7-13(9-14)19-12(3)20/h5,7-9,17H,4,6,10H2,1-3H3,(H,19,20). The molecular formula is C16H21N3O3S2. The first-order valence-corrected chi connectivity index (χ1v) is 9.94. The van der Waals surface area contributed by atoms with E-state index < -0.39 is 10.0 Å². The van der Waals surface area contributed by atoms with Crippen molar-refractivity contribution in [2.75, 3.05) is 5.32 Å². The summed E-state index contributed by atoms with van der Waals surface area (Å²) in [6.45, 7) is 5.55. The number of aryl methyl sites for hydroxylation is 2. The second kappa shape index (κ2) is 7.87. The van der Waals surface area contributed by atoms with Crippen LogP contribution in [0.5, 0.6) is 0 Å². The molecule has 130 valence electrons. The Morgan fingerprint density at radius 3 is 2.75 bits per heavy atom. The molecule has 24 heavy (non-hydrogen) atoms. The number of carbonyl (C=O) groups excluding carboxylic acids is 1. The van der Waals surface area contributed by atoms with E-state index in [0.717, 1.165) is 28.4 Å². The Bertz CT molecular complexity index is 829. The minimum absolute atomic E-state index is 0.115. The zero-order chi connectivity index (χ0) is 17.7. The predicted octanol–water partition coefficient (Wildman–Crippen LogP) is 2.84. The van der Waals surface area contributed by atoms with Gasteiger partial charge in [0.1, 0.15) is 0 Å². The molecule has 0 atom stereocenters. The van der Waals surface area contributed by atoms with Gasteiger partial charge in [-0.15, -0.1) is 11.3 Å². The predicted molar refractivity (Wildman–Crippen MR) is 95.6 cm³/mol. The SMILES string of the molecule is CCCc1nc(C)c(CNS(=O)(=O)c2cccc(NC(C)=O)c2)s1. The minimum atomic E-state index is -3.66. The van der Waals surface area contributed by atoms with Gasteiger partial charge in [0.25, 0.3) is 0 Å². The van der Waals surface area contributed by atoms with Gasteiger partial charge in [0.05, 0.1) is 15.6 Å². The molecule has 0 aliphatic carbocycles. The van der Waals surface area contributed by atoms with Gasteiger partial charge in [0.2, 0.25) is 15.9 Å². The number of anilines is 1. The lowest BCUT2D eigenvalue weighted by atomic mass is 10.3. The molecule has 1 heterocycles. The summed E-state index contributed by atoms with van der Waals surface area (Å²) in [6.07, 6.45) is 1.91. The Kier molecular flexibility index (Phi) is 6.09. The van der Waals surface area contributed by atoms with E-state index >= 15 is 0 Å². The van der Waals surface area contributed by atoms with Gasteiger partial charge < -0.3 is 5.32 Å². The molecule has 0 aliphatic rings. The molecule has 0 fully saturated rings. The van der Waals surface area contributed by atoms with Crippen LogP contribution in [0.25, 0.3) is 0 Å². The number of amides is 1. The van der Waals surface area contributed by atoms with Gasteiger partial charge in [-0.2, -0.15) is 0 Å². The van der Waals surface area contributed by atoms with Gasteiger partial charge in [0, 0.05) is 24.0 Å². The van der Waals surface area contributed by atoms with Crippen LogP contribution in [-0.2, 0) is 27.8 Å². The summed E-state index contributed by atoms with van der Waals surface area (Å²) < 4.78 is 27.5. The normalized spacial score (nSPS) is 11.5. The topological polar surface area (TPSA) is 88.2 Å². The summed E-state index contributed by atoms with van der Waals surface area (Å²) in [7, 11) is -3.66. The Hall–Kier alpha value is -1.77. The van der Waals surface area contributed by atoms with E-state index in [1.165, 1.54) is 30.4 Å². The van der Waals surface area contributed by atoms with Crippen LogP contribution in [0.15, 0.2) is 29.2 Å². The fourth-order valence-corrected chi connectivity index (χ4v) is 4.40. The highest BCUT2D eigenvalue weighted by atomic mass is 32.2. The van der Waals surface area contributed by atoms with E-state index in [0.29, 0.717) is 5.69 Å². The summed E-state index contributed by atoms with van der Waals surface area (Å²) in [6, 6.07) is 6.17. The number of nitrogens with one attached hydrogen (secondary N) is 2. The van der Waals surface area contributed by atoms with Crippen LogP contribution >= 0.6 is 11.3 Å². The number of sulfonamides is 1. The number of aromatic nitrogens is 1. The van der Waals surface area contributed by atoms with Crippen molar-refractivity contribution in [3.05, 3.63) is 39.8 Å². The number of carbonyl (C=O) groups is 1. The third-order valence-corrected chi connectivity index (χ3v) is 5.90. The molecule has 0 saturated heterocycles. The summed E-state index contributed by atoms with van der Waals surface area (Å²) >= 11 is 1.54. The Morgan fingerprint density at radius 2 is 2.08 bits per heavy atom. The van der Waals surface area contributed by atoms with E-state index in [1.807, 2.05) is 6.92 Å². The van der Waals surface area contributed by atoms with Gasteiger partial charge in [-0.1, -0.05) is 13.0 Å². The zero-order valence-corrected chi connectivity index (χ0v) is 15.6. The summed E-state index contributed by atoms with van der Waals surface area (Å²) in [5.41, 5.74) is 1.31. The van der Waals surface area contributed by atoms with Crippen LogP contribution in [0.4, 0.5) is 5.69 Å². The first-order valence-electron chi connectivity index (χ1n) is 7.64. The van der Waals surface area contributed by atoms with Crippen LogP contribution < -0.4 is 10.0 Å². The van der Waals surface area contributed by atoms with Gasteiger partial charge in [-0.05, 0) is 38.0 Å². The first kappa shape index (κ1) is 18.6. The fourth-order valence-electron chi connectivity index (χ4n) is 2.16. The molecule has 0 spiro atoms. The third kappa shape index (κ3) is 4.86. The summed E-state index contributed by atoms with van der Waals surface area (Å²) in [5, 5.41) is 3.60. The second-order valence-corrected chi connectivity index (χ2v) is 8.33. The highest BCUT2D eigenvalue weighted by molar-refractivity contribution is 7.89. The molecule has 8 heteroatoms. The Morgan fingerprint density at radius 1 is 1.33 bits per heavy atom. The van der Waals surface area contributed by atoms with Gasteiger partial charge in [-0.3, -0.25) is 4.79 Å². The Labute approximate surface area is 146 Å². The molecule has 0 aliphatic heterocycles. The number of nitrogens with zero attached hydrogens (tertiary/aromatic N) is 1. The van der Waals surface area contributed by atoms with E-state index in [-0.39, 0.29) is 17.3 Å². The molecule has 0 unspecified atom stereocenters. The lowest BCUT2D eigenvalue weighted by Gasteiger charge is -2.08. The third-order valence-electron chi connectivity index (χ3n) is 3.29. The van der Waals surface area contributed by atoms with Crippen molar-refractivity contribution in [3.63, 3.8) is 0 Å². The van der Waals surface area contributed by atoms with E-state index in [4.69, 9.17) is 0 Å². The number of hydrogen-bond donors (Lipinski definition) is 2. The number of rotatable bonds is 7. The average Bonchev–Trinajstić information content (AvgIpc) is 2.85. The van der Waals surface area contributed by atoms with Gasteiger partial charge in [0.15, 0.2) is 0 Å². The highest BCUT2D eigenvalue weighted by Gasteiger charge is 2.16. The lowest BCUT2D eigenvalue weighted by Crippen LogP contribution is -2.23. The van der Waals surface area contributed by atoms with E-state index in [9.17, 15) is 13.2 Å². The summed E-state index contributed by atoms with van der Waals surface area (Å²) in [5.74, 6) is -0.249. The van der Waals surface area contributed by atoms with Crippen LogP contribution in [0, 0.1) is 6.92 Å². The van der Waals surface area contributed by atoms with Crippen molar-refractivity contribution < 1.29 is 13.2 Å². The molecule has 6 nitrogen and oxygen atoms in total. The average molecular weight is 367 g/mol.